The molecule has 0 aromatic carbocycles. The van der Waals surface area contributed by atoms with Crippen molar-refractivity contribution in [3.05, 3.63) is 0 Å². The van der Waals surface area contributed by atoms with Crippen LogP contribution in [-0.4, -0.2) is 47.1 Å². The average molecular weight is 324 g/mol. The molecule has 0 aromatic heterocycles. The van der Waals surface area contributed by atoms with Gasteiger partial charge >= 0.3 is 0 Å². The van der Waals surface area contributed by atoms with E-state index in [9.17, 15) is 14.7 Å². The van der Waals surface area contributed by atoms with Gasteiger partial charge < -0.3 is 15.3 Å². The van der Waals surface area contributed by atoms with Crippen LogP contribution in [0.25, 0.3) is 0 Å². The molecule has 5 nitrogen and oxygen atoms in total. The van der Waals surface area contributed by atoms with E-state index in [4.69, 9.17) is 0 Å². The molecule has 2 fully saturated rings. The lowest BCUT2D eigenvalue weighted by Crippen LogP contribution is -2.51. The van der Waals surface area contributed by atoms with Crippen LogP contribution in [0.3, 0.4) is 0 Å². The molecule has 2 rings (SSSR count). The summed E-state index contributed by atoms with van der Waals surface area (Å²) in [6.07, 6.45) is 5.79. The fraction of sp³-hybridized carbons (Fsp3) is 0.889. The summed E-state index contributed by atoms with van der Waals surface area (Å²) in [6, 6.07) is 0. The first-order valence-corrected chi connectivity index (χ1v) is 9.03. The van der Waals surface area contributed by atoms with Crippen molar-refractivity contribution in [2.75, 3.05) is 19.6 Å². The number of hydrogen-bond acceptors (Lipinski definition) is 3. The lowest BCUT2D eigenvalue weighted by atomic mass is 9.70. The Balaban J connectivity index is 1.85. The lowest BCUT2D eigenvalue weighted by Gasteiger charge is -2.42. The molecule has 5 heteroatoms. The highest BCUT2D eigenvalue weighted by Gasteiger charge is 2.39. The molecule has 2 atom stereocenters. The van der Waals surface area contributed by atoms with Crippen LogP contribution in [0.2, 0.25) is 0 Å². The van der Waals surface area contributed by atoms with E-state index in [0.717, 1.165) is 45.1 Å². The second kappa shape index (κ2) is 7.20. The Hall–Kier alpha value is -1.10. The van der Waals surface area contributed by atoms with Gasteiger partial charge in [0.25, 0.3) is 0 Å². The van der Waals surface area contributed by atoms with E-state index >= 15 is 0 Å². The van der Waals surface area contributed by atoms with Crippen molar-refractivity contribution in [2.24, 2.45) is 11.3 Å². The van der Waals surface area contributed by atoms with Crippen LogP contribution < -0.4 is 5.32 Å². The van der Waals surface area contributed by atoms with Gasteiger partial charge in [0.15, 0.2) is 0 Å². The van der Waals surface area contributed by atoms with Gasteiger partial charge in [0.1, 0.15) is 0 Å². The van der Waals surface area contributed by atoms with E-state index in [2.05, 4.69) is 19.2 Å². The van der Waals surface area contributed by atoms with Crippen molar-refractivity contribution >= 4 is 11.8 Å². The fourth-order valence-corrected chi connectivity index (χ4v) is 4.15. The van der Waals surface area contributed by atoms with Crippen molar-refractivity contribution in [1.82, 2.24) is 10.2 Å². The molecule has 2 unspecified atom stereocenters. The molecule has 2 amide bonds. The molecule has 2 aliphatic rings. The third-order valence-electron chi connectivity index (χ3n) is 5.34. The summed E-state index contributed by atoms with van der Waals surface area (Å²) in [4.78, 5) is 26.1. The molecule has 1 aliphatic carbocycles. The van der Waals surface area contributed by atoms with Crippen LogP contribution in [0, 0.1) is 11.3 Å². The molecule has 2 N–H and O–H groups in total. The van der Waals surface area contributed by atoms with Gasteiger partial charge in [-0.05, 0) is 43.9 Å². The van der Waals surface area contributed by atoms with Crippen molar-refractivity contribution < 1.29 is 14.7 Å². The smallest absolute Gasteiger partial charge is 0.225 e. The Kier molecular flexibility index (Phi) is 5.71. The SMILES string of the molecule is CCC(=O)N1CCCC(C(=O)NCC2(O)CCCC(C)(C)C2)C1. The fourth-order valence-electron chi connectivity index (χ4n) is 4.15. The zero-order valence-electron chi connectivity index (χ0n) is 14.9. The number of aliphatic hydroxyl groups is 1. The number of piperidine rings is 1. The van der Waals surface area contributed by atoms with Gasteiger partial charge in [0.2, 0.25) is 11.8 Å². The summed E-state index contributed by atoms with van der Waals surface area (Å²) in [5.41, 5.74) is -0.655. The number of likely N-dealkylation sites (tertiary alicyclic amines) is 1. The molecule has 1 saturated carbocycles. The number of amides is 2. The zero-order valence-corrected chi connectivity index (χ0v) is 14.9. The van der Waals surface area contributed by atoms with E-state index in [1.165, 1.54) is 0 Å². The quantitative estimate of drug-likeness (QED) is 0.832. The second-order valence-electron chi connectivity index (χ2n) is 8.17. The number of nitrogens with zero attached hydrogens (tertiary/aromatic N) is 1. The Bertz CT molecular complexity index is 450. The van der Waals surface area contributed by atoms with E-state index in [-0.39, 0.29) is 23.1 Å². The van der Waals surface area contributed by atoms with Crippen LogP contribution in [0.5, 0.6) is 0 Å². The molecule has 23 heavy (non-hydrogen) atoms. The summed E-state index contributed by atoms with van der Waals surface area (Å²) >= 11 is 0. The van der Waals surface area contributed by atoms with Crippen molar-refractivity contribution in [2.45, 2.75) is 71.3 Å². The molecular formula is C18H32N2O3. The third-order valence-corrected chi connectivity index (χ3v) is 5.34. The van der Waals surface area contributed by atoms with Gasteiger partial charge in [0.05, 0.1) is 11.5 Å². The van der Waals surface area contributed by atoms with Crippen LogP contribution >= 0.6 is 0 Å². The molecule has 0 spiro atoms. The maximum Gasteiger partial charge on any atom is 0.225 e. The molecule has 1 heterocycles. The Morgan fingerprint density at radius 1 is 1.26 bits per heavy atom. The summed E-state index contributed by atoms with van der Waals surface area (Å²) in [5.74, 6) is -0.0370. The maximum absolute atomic E-state index is 12.4. The first-order chi connectivity index (χ1) is 10.7. The largest absolute Gasteiger partial charge is 0.388 e. The van der Waals surface area contributed by atoms with Crippen LogP contribution in [0.4, 0.5) is 0 Å². The second-order valence-corrected chi connectivity index (χ2v) is 8.17. The van der Waals surface area contributed by atoms with E-state index in [0.29, 0.717) is 19.5 Å². The van der Waals surface area contributed by atoms with Crippen LogP contribution in [0.15, 0.2) is 0 Å². The molecule has 0 aromatic rings. The number of carbonyl (C=O) groups excluding carboxylic acids is 2. The number of carbonyl (C=O) groups is 2. The predicted octanol–water partition coefficient (Wildman–Crippen LogP) is 2.08. The van der Waals surface area contributed by atoms with Gasteiger partial charge in [-0.3, -0.25) is 9.59 Å². The Labute approximate surface area is 139 Å². The van der Waals surface area contributed by atoms with Gasteiger partial charge in [0, 0.05) is 26.1 Å². The highest BCUT2D eigenvalue weighted by molar-refractivity contribution is 5.81. The van der Waals surface area contributed by atoms with Crippen LogP contribution in [-0.2, 0) is 9.59 Å². The standard InChI is InChI=1S/C18H32N2O3/c1-4-15(21)20-10-5-7-14(11-20)16(22)19-13-18(23)9-6-8-17(2,3)12-18/h14,23H,4-13H2,1-3H3,(H,19,22). The van der Waals surface area contributed by atoms with Gasteiger partial charge in [-0.25, -0.2) is 0 Å². The molecular weight excluding hydrogens is 292 g/mol. The lowest BCUT2D eigenvalue weighted by molar-refractivity contribution is -0.136. The monoisotopic (exact) mass is 324 g/mol. The average Bonchev–Trinajstić information content (AvgIpc) is 2.50. The number of rotatable bonds is 4. The first-order valence-electron chi connectivity index (χ1n) is 9.03. The minimum atomic E-state index is -0.787. The highest BCUT2D eigenvalue weighted by Crippen LogP contribution is 2.40. The molecule has 0 radical (unpaired) electrons. The highest BCUT2D eigenvalue weighted by atomic mass is 16.3. The maximum atomic E-state index is 12.4. The minimum absolute atomic E-state index is 0.0181. The van der Waals surface area contributed by atoms with Crippen molar-refractivity contribution in [3.8, 4) is 0 Å². The first kappa shape index (κ1) is 18.2. The molecule has 1 saturated heterocycles. The van der Waals surface area contributed by atoms with E-state index in [1.807, 2.05) is 6.92 Å². The Morgan fingerprint density at radius 3 is 2.65 bits per heavy atom. The topological polar surface area (TPSA) is 69.6 Å². The van der Waals surface area contributed by atoms with E-state index in [1.54, 1.807) is 4.90 Å². The third kappa shape index (κ3) is 4.93. The summed E-state index contributed by atoms with van der Waals surface area (Å²) in [5, 5.41) is 13.7. The van der Waals surface area contributed by atoms with Crippen molar-refractivity contribution in [1.29, 1.82) is 0 Å². The molecule has 132 valence electrons. The number of hydrogen-bond donors (Lipinski definition) is 2. The summed E-state index contributed by atoms with van der Waals surface area (Å²) in [6.45, 7) is 7.81. The van der Waals surface area contributed by atoms with Crippen LogP contribution in [0.1, 0.15) is 65.7 Å². The molecule has 1 aliphatic heterocycles. The molecule has 0 bridgehead atoms. The van der Waals surface area contributed by atoms with Gasteiger partial charge in [-0.15, -0.1) is 0 Å². The Morgan fingerprint density at radius 2 is 2.00 bits per heavy atom. The van der Waals surface area contributed by atoms with Crippen molar-refractivity contribution in [3.63, 3.8) is 0 Å². The summed E-state index contributed by atoms with van der Waals surface area (Å²) < 4.78 is 0. The van der Waals surface area contributed by atoms with Gasteiger partial charge in [-0.1, -0.05) is 20.8 Å². The van der Waals surface area contributed by atoms with Gasteiger partial charge in [-0.2, -0.15) is 0 Å². The normalized spacial score (nSPS) is 30.8. The van der Waals surface area contributed by atoms with E-state index < -0.39 is 5.60 Å². The summed E-state index contributed by atoms with van der Waals surface area (Å²) in [7, 11) is 0. The predicted molar refractivity (Wildman–Crippen MR) is 89.8 cm³/mol. The number of nitrogens with one attached hydrogen (secondary N) is 1. The zero-order chi connectivity index (χ0) is 17.1. The minimum Gasteiger partial charge on any atom is -0.388 e.